The number of rotatable bonds is 5. The van der Waals surface area contributed by atoms with Crippen LogP contribution in [0.15, 0.2) is 48.0 Å². The van der Waals surface area contributed by atoms with Gasteiger partial charge >= 0.3 is 0 Å². The van der Waals surface area contributed by atoms with Crippen molar-refractivity contribution in [1.82, 2.24) is 10.3 Å². The first-order valence-corrected chi connectivity index (χ1v) is 7.98. The average molecular weight is 300 g/mol. The van der Waals surface area contributed by atoms with E-state index >= 15 is 0 Å². The summed E-state index contributed by atoms with van der Waals surface area (Å²) >= 11 is 1.66. The fraction of sp³-hybridized carbons (Fsp3) is 0.235. The van der Waals surface area contributed by atoms with Crippen LogP contribution in [0, 0.1) is 5.82 Å². The van der Waals surface area contributed by atoms with Gasteiger partial charge < -0.3 is 5.32 Å². The lowest BCUT2D eigenvalue weighted by Crippen LogP contribution is -2.24. The number of benzene rings is 1. The van der Waals surface area contributed by atoms with Gasteiger partial charge in [0.1, 0.15) is 5.82 Å². The van der Waals surface area contributed by atoms with Crippen molar-refractivity contribution < 1.29 is 4.39 Å². The fourth-order valence-corrected chi connectivity index (χ4v) is 3.21. The summed E-state index contributed by atoms with van der Waals surface area (Å²) in [6.45, 7) is 2.94. The van der Waals surface area contributed by atoms with Crippen LogP contribution in [-0.2, 0) is 0 Å². The Kier molecular flexibility index (Phi) is 4.27. The van der Waals surface area contributed by atoms with Crippen molar-refractivity contribution in [2.24, 2.45) is 0 Å². The molecule has 3 rings (SSSR count). The molecule has 0 fully saturated rings. The van der Waals surface area contributed by atoms with Crippen LogP contribution >= 0.6 is 11.3 Å². The van der Waals surface area contributed by atoms with Gasteiger partial charge in [0.05, 0.1) is 16.3 Å². The molecule has 3 aromatic rings. The predicted octanol–water partition coefficient (Wildman–Crippen LogP) is 4.52. The third-order valence-corrected chi connectivity index (χ3v) is 4.32. The Hall–Kier alpha value is -1.78. The van der Waals surface area contributed by atoms with E-state index < -0.39 is 0 Å². The minimum atomic E-state index is -0.183. The molecule has 0 spiro atoms. The molecular weight excluding hydrogens is 283 g/mol. The van der Waals surface area contributed by atoms with Crippen LogP contribution in [-0.4, -0.2) is 11.5 Å². The Morgan fingerprint density at radius 2 is 2.14 bits per heavy atom. The predicted molar refractivity (Wildman–Crippen MR) is 86.2 cm³/mol. The van der Waals surface area contributed by atoms with E-state index in [9.17, 15) is 4.39 Å². The molecule has 0 radical (unpaired) electrons. The Labute approximate surface area is 127 Å². The summed E-state index contributed by atoms with van der Waals surface area (Å²) in [5, 5.41) is 5.45. The summed E-state index contributed by atoms with van der Waals surface area (Å²) in [4.78, 5) is 4.47. The van der Waals surface area contributed by atoms with Gasteiger partial charge in [-0.25, -0.2) is 4.39 Å². The van der Waals surface area contributed by atoms with E-state index in [1.807, 2.05) is 29.8 Å². The molecule has 0 saturated heterocycles. The Morgan fingerprint density at radius 3 is 2.95 bits per heavy atom. The standard InChI is InChI=1S/C17H17FN2S/c1-2-8-19-17(13-5-3-4-6-14(13)18)12-10-16-15(20-11-12)7-9-21-16/h3-7,9-11,17,19H,2,8H2,1H3. The second-order valence-electron chi connectivity index (χ2n) is 4.98. The summed E-state index contributed by atoms with van der Waals surface area (Å²) < 4.78 is 15.3. The van der Waals surface area contributed by atoms with E-state index in [1.165, 1.54) is 6.07 Å². The molecule has 2 heterocycles. The molecule has 2 aromatic heterocycles. The van der Waals surface area contributed by atoms with Crippen LogP contribution in [0.1, 0.15) is 30.5 Å². The zero-order valence-corrected chi connectivity index (χ0v) is 12.7. The Morgan fingerprint density at radius 1 is 1.29 bits per heavy atom. The maximum atomic E-state index is 14.1. The van der Waals surface area contributed by atoms with Crippen molar-refractivity contribution in [1.29, 1.82) is 0 Å². The van der Waals surface area contributed by atoms with Gasteiger partial charge in [-0.3, -0.25) is 4.98 Å². The van der Waals surface area contributed by atoms with E-state index in [0.717, 1.165) is 28.7 Å². The van der Waals surface area contributed by atoms with Gasteiger partial charge in [0.25, 0.3) is 0 Å². The molecule has 1 unspecified atom stereocenters. The topological polar surface area (TPSA) is 24.9 Å². The molecule has 2 nitrogen and oxygen atoms in total. The molecule has 0 saturated carbocycles. The van der Waals surface area contributed by atoms with Crippen molar-refractivity contribution >= 4 is 21.6 Å². The van der Waals surface area contributed by atoms with Gasteiger partial charge in [0, 0.05) is 11.8 Å². The largest absolute Gasteiger partial charge is 0.306 e. The molecule has 0 aliphatic heterocycles. The van der Waals surface area contributed by atoms with Crippen LogP contribution in [0.25, 0.3) is 10.2 Å². The smallest absolute Gasteiger partial charge is 0.128 e. The summed E-state index contributed by atoms with van der Waals surface area (Å²) in [5.74, 6) is -0.183. The molecule has 1 aromatic carbocycles. The lowest BCUT2D eigenvalue weighted by molar-refractivity contribution is 0.546. The second-order valence-corrected chi connectivity index (χ2v) is 5.93. The first-order valence-electron chi connectivity index (χ1n) is 7.10. The molecule has 108 valence electrons. The molecule has 0 aliphatic carbocycles. The highest BCUT2D eigenvalue weighted by atomic mass is 32.1. The zero-order valence-electron chi connectivity index (χ0n) is 11.8. The molecule has 4 heteroatoms. The van der Waals surface area contributed by atoms with Gasteiger partial charge in [-0.1, -0.05) is 25.1 Å². The summed E-state index contributed by atoms with van der Waals surface area (Å²) in [6.07, 6.45) is 2.84. The first-order chi connectivity index (χ1) is 10.3. The van der Waals surface area contributed by atoms with Crippen LogP contribution in [0.4, 0.5) is 4.39 Å². The van der Waals surface area contributed by atoms with E-state index in [2.05, 4.69) is 23.3 Å². The van der Waals surface area contributed by atoms with E-state index in [1.54, 1.807) is 17.4 Å². The molecule has 1 N–H and O–H groups in total. The number of pyridine rings is 1. The maximum Gasteiger partial charge on any atom is 0.128 e. The average Bonchev–Trinajstić information content (AvgIpc) is 2.97. The number of hydrogen-bond donors (Lipinski definition) is 1. The van der Waals surface area contributed by atoms with Gasteiger partial charge in [0.15, 0.2) is 0 Å². The van der Waals surface area contributed by atoms with Gasteiger partial charge in [-0.2, -0.15) is 0 Å². The van der Waals surface area contributed by atoms with Crippen molar-refractivity contribution in [2.45, 2.75) is 19.4 Å². The van der Waals surface area contributed by atoms with Gasteiger partial charge in [-0.05, 0) is 42.1 Å². The number of aromatic nitrogens is 1. The van der Waals surface area contributed by atoms with Crippen LogP contribution in [0.2, 0.25) is 0 Å². The van der Waals surface area contributed by atoms with Crippen LogP contribution < -0.4 is 5.32 Å². The number of thiophene rings is 1. The van der Waals surface area contributed by atoms with Crippen LogP contribution in [0.3, 0.4) is 0 Å². The number of hydrogen-bond acceptors (Lipinski definition) is 3. The second kappa shape index (κ2) is 6.33. The minimum Gasteiger partial charge on any atom is -0.306 e. The normalized spacial score (nSPS) is 12.7. The maximum absolute atomic E-state index is 14.1. The van der Waals surface area contributed by atoms with Crippen LogP contribution in [0.5, 0.6) is 0 Å². The van der Waals surface area contributed by atoms with Crippen molar-refractivity contribution in [3.8, 4) is 0 Å². The summed E-state index contributed by atoms with van der Waals surface area (Å²) in [5.41, 5.74) is 2.67. The highest BCUT2D eigenvalue weighted by Crippen LogP contribution is 2.28. The highest BCUT2D eigenvalue weighted by Gasteiger charge is 2.17. The molecule has 21 heavy (non-hydrogen) atoms. The minimum absolute atomic E-state index is 0.162. The molecule has 0 aliphatic rings. The van der Waals surface area contributed by atoms with Crippen molar-refractivity contribution in [3.05, 3.63) is 64.9 Å². The van der Waals surface area contributed by atoms with Gasteiger partial charge in [-0.15, -0.1) is 11.3 Å². The Bertz CT molecular complexity index is 738. The SMILES string of the molecule is CCCNC(c1cnc2ccsc2c1)c1ccccc1F. The molecular formula is C17H17FN2S. The lowest BCUT2D eigenvalue weighted by Gasteiger charge is -2.20. The number of nitrogens with one attached hydrogen (secondary N) is 1. The number of fused-ring (bicyclic) bond motifs is 1. The lowest BCUT2D eigenvalue weighted by atomic mass is 9.99. The molecule has 1 atom stereocenters. The number of nitrogens with zero attached hydrogens (tertiary/aromatic N) is 1. The first kappa shape index (κ1) is 14.2. The van der Waals surface area contributed by atoms with E-state index in [0.29, 0.717) is 5.56 Å². The molecule has 0 amide bonds. The highest BCUT2D eigenvalue weighted by molar-refractivity contribution is 7.17. The third-order valence-electron chi connectivity index (χ3n) is 3.47. The summed E-state index contributed by atoms with van der Waals surface area (Å²) in [7, 11) is 0. The van der Waals surface area contributed by atoms with E-state index in [4.69, 9.17) is 0 Å². The quantitative estimate of drug-likeness (QED) is 0.749. The zero-order chi connectivity index (χ0) is 14.7. The molecule has 0 bridgehead atoms. The monoisotopic (exact) mass is 300 g/mol. The Balaban J connectivity index is 2.03. The fourth-order valence-electron chi connectivity index (χ4n) is 2.42. The van der Waals surface area contributed by atoms with Crippen molar-refractivity contribution in [2.75, 3.05) is 6.54 Å². The van der Waals surface area contributed by atoms with E-state index in [-0.39, 0.29) is 11.9 Å². The van der Waals surface area contributed by atoms with Crippen molar-refractivity contribution in [3.63, 3.8) is 0 Å². The number of halogens is 1. The van der Waals surface area contributed by atoms with Gasteiger partial charge in [0.2, 0.25) is 0 Å². The third kappa shape index (κ3) is 2.96. The summed E-state index contributed by atoms with van der Waals surface area (Å²) in [6, 6.07) is 10.9.